The predicted molar refractivity (Wildman–Crippen MR) is 107 cm³/mol. The van der Waals surface area contributed by atoms with E-state index in [0.717, 1.165) is 31.2 Å². The molecule has 4 rings (SSSR count). The Morgan fingerprint density at radius 1 is 1.15 bits per heavy atom. The summed E-state index contributed by atoms with van der Waals surface area (Å²) in [4.78, 5) is 9.05. The number of nitrogen functional groups attached to an aromatic ring is 1. The second-order valence-corrected chi connectivity index (χ2v) is 7.26. The van der Waals surface area contributed by atoms with Crippen LogP contribution in [0, 0.1) is 0 Å². The van der Waals surface area contributed by atoms with Crippen LogP contribution in [0.1, 0.15) is 31.2 Å². The average molecular weight is 388 g/mol. The van der Waals surface area contributed by atoms with Gasteiger partial charge in [0.05, 0.1) is 10.7 Å². The maximum Gasteiger partial charge on any atom is 0.227 e. The molecule has 0 atom stereocenters. The van der Waals surface area contributed by atoms with Crippen molar-refractivity contribution in [2.24, 2.45) is 5.73 Å². The standard InChI is InChI=1S/C17H22ClN9/c18-12-6-1-9(7-13(12)20)8-21-15-14-16(26-27-25-14)24-17(23-15)22-11-4-2-10(19)3-5-11/h1,6-7,10-11H,2-5,8,19-20H2,(H3,21,22,23,24,25,26,27). The minimum Gasteiger partial charge on any atom is -0.398 e. The van der Waals surface area contributed by atoms with Gasteiger partial charge in [0.25, 0.3) is 0 Å². The summed E-state index contributed by atoms with van der Waals surface area (Å²) in [5.74, 6) is 1.15. The number of aromatic amines is 1. The van der Waals surface area contributed by atoms with E-state index in [1.165, 1.54) is 0 Å². The first-order valence-corrected chi connectivity index (χ1v) is 9.34. The number of nitrogens with two attached hydrogens (primary N) is 2. The van der Waals surface area contributed by atoms with Crippen molar-refractivity contribution >= 4 is 40.2 Å². The van der Waals surface area contributed by atoms with E-state index in [9.17, 15) is 0 Å². The van der Waals surface area contributed by atoms with Crippen LogP contribution in [0.25, 0.3) is 11.2 Å². The van der Waals surface area contributed by atoms with E-state index in [2.05, 4.69) is 36.0 Å². The van der Waals surface area contributed by atoms with E-state index in [-0.39, 0.29) is 0 Å². The van der Waals surface area contributed by atoms with E-state index in [0.29, 0.717) is 52.3 Å². The Balaban J connectivity index is 1.52. The van der Waals surface area contributed by atoms with Crippen molar-refractivity contribution in [1.82, 2.24) is 25.4 Å². The Morgan fingerprint density at radius 2 is 1.96 bits per heavy atom. The van der Waals surface area contributed by atoms with Crippen molar-refractivity contribution in [3.05, 3.63) is 28.8 Å². The Hall–Kier alpha value is -2.65. The zero-order chi connectivity index (χ0) is 18.8. The lowest BCUT2D eigenvalue weighted by Crippen LogP contribution is -2.33. The van der Waals surface area contributed by atoms with Crippen LogP contribution in [0.3, 0.4) is 0 Å². The van der Waals surface area contributed by atoms with E-state index in [1.54, 1.807) is 6.07 Å². The molecular formula is C17H22ClN9. The number of aromatic nitrogens is 5. The first kappa shape index (κ1) is 17.7. The summed E-state index contributed by atoms with van der Waals surface area (Å²) < 4.78 is 0. The lowest BCUT2D eigenvalue weighted by molar-refractivity contribution is 0.410. The molecule has 1 fully saturated rings. The summed E-state index contributed by atoms with van der Waals surface area (Å²) in [5.41, 5.74) is 14.5. The number of rotatable bonds is 5. The number of hydrogen-bond acceptors (Lipinski definition) is 8. The van der Waals surface area contributed by atoms with Crippen molar-refractivity contribution in [2.75, 3.05) is 16.4 Å². The van der Waals surface area contributed by atoms with E-state index < -0.39 is 0 Å². The molecule has 0 radical (unpaired) electrons. The van der Waals surface area contributed by atoms with Crippen LogP contribution in [0.2, 0.25) is 5.02 Å². The number of nitrogens with one attached hydrogen (secondary N) is 3. The Morgan fingerprint density at radius 3 is 2.74 bits per heavy atom. The number of hydrogen-bond donors (Lipinski definition) is 5. The molecule has 1 aromatic carbocycles. The van der Waals surface area contributed by atoms with Gasteiger partial charge in [0.2, 0.25) is 11.6 Å². The molecule has 1 saturated carbocycles. The molecule has 0 spiro atoms. The predicted octanol–water partition coefficient (Wildman–Crippen LogP) is 2.28. The van der Waals surface area contributed by atoms with Gasteiger partial charge in [0.1, 0.15) is 0 Å². The van der Waals surface area contributed by atoms with Gasteiger partial charge in [-0.05, 0) is 43.4 Å². The van der Waals surface area contributed by atoms with Crippen LogP contribution in [-0.4, -0.2) is 37.5 Å². The number of anilines is 3. The maximum absolute atomic E-state index is 5.98. The molecule has 1 aliphatic carbocycles. The zero-order valence-corrected chi connectivity index (χ0v) is 15.5. The number of benzene rings is 1. The number of nitrogens with zero attached hydrogens (tertiary/aromatic N) is 4. The second kappa shape index (κ2) is 7.53. The summed E-state index contributed by atoms with van der Waals surface area (Å²) >= 11 is 5.98. The van der Waals surface area contributed by atoms with Gasteiger partial charge in [-0.25, -0.2) is 0 Å². The van der Waals surface area contributed by atoms with Gasteiger partial charge in [-0.2, -0.15) is 20.3 Å². The molecule has 1 aliphatic rings. The monoisotopic (exact) mass is 387 g/mol. The first-order chi connectivity index (χ1) is 13.1. The van der Waals surface area contributed by atoms with Crippen LogP contribution in [0.15, 0.2) is 18.2 Å². The van der Waals surface area contributed by atoms with Crippen molar-refractivity contribution < 1.29 is 0 Å². The van der Waals surface area contributed by atoms with Gasteiger partial charge in [0.15, 0.2) is 11.3 Å². The summed E-state index contributed by atoms with van der Waals surface area (Å²) in [6, 6.07) is 6.14. The summed E-state index contributed by atoms with van der Waals surface area (Å²) in [6.45, 7) is 0.526. The average Bonchev–Trinajstić information content (AvgIpc) is 3.13. The van der Waals surface area contributed by atoms with Gasteiger partial charge >= 0.3 is 0 Å². The largest absolute Gasteiger partial charge is 0.398 e. The van der Waals surface area contributed by atoms with E-state index >= 15 is 0 Å². The van der Waals surface area contributed by atoms with Gasteiger partial charge in [-0.15, -0.1) is 5.10 Å². The summed E-state index contributed by atoms with van der Waals surface area (Å²) in [5, 5.41) is 18.1. The van der Waals surface area contributed by atoms with Crippen molar-refractivity contribution in [2.45, 2.75) is 44.3 Å². The van der Waals surface area contributed by atoms with Gasteiger partial charge in [0, 0.05) is 18.6 Å². The van der Waals surface area contributed by atoms with Crippen LogP contribution >= 0.6 is 11.6 Å². The molecule has 142 valence electrons. The molecule has 10 heteroatoms. The number of fused-ring (bicyclic) bond motifs is 1. The minimum absolute atomic E-state index is 0.297. The third-order valence-corrected chi connectivity index (χ3v) is 5.15. The van der Waals surface area contributed by atoms with Crippen LogP contribution in [0.4, 0.5) is 17.5 Å². The van der Waals surface area contributed by atoms with Crippen molar-refractivity contribution in [1.29, 1.82) is 0 Å². The van der Waals surface area contributed by atoms with Crippen molar-refractivity contribution in [3.63, 3.8) is 0 Å². The molecule has 0 unspecified atom stereocenters. The molecule has 3 aromatic rings. The SMILES string of the molecule is Nc1cc(CNc2nc(NC3CCC(N)CC3)nc3n[nH]nc23)ccc1Cl. The molecule has 7 N–H and O–H groups in total. The van der Waals surface area contributed by atoms with E-state index in [1.807, 2.05) is 12.1 Å². The quantitative estimate of drug-likeness (QED) is 0.419. The zero-order valence-electron chi connectivity index (χ0n) is 14.7. The van der Waals surface area contributed by atoms with E-state index in [4.69, 9.17) is 23.1 Å². The number of halogens is 1. The molecule has 0 aliphatic heterocycles. The lowest BCUT2D eigenvalue weighted by Gasteiger charge is -2.26. The molecule has 0 bridgehead atoms. The van der Waals surface area contributed by atoms with Crippen molar-refractivity contribution in [3.8, 4) is 0 Å². The lowest BCUT2D eigenvalue weighted by atomic mass is 9.92. The van der Waals surface area contributed by atoms with Crippen LogP contribution in [0.5, 0.6) is 0 Å². The highest BCUT2D eigenvalue weighted by Gasteiger charge is 2.20. The molecule has 0 amide bonds. The normalized spacial score (nSPS) is 19.9. The van der Waals surface area contributed by atoms with Gasteiger partial charge < -0.3 is 22.1 Å². The Kier molecular flexibility index (Phi) is 4.95. The molecule has 2 heterocycles. The number of H-pyrrole nitrogens is 1. The molecular weight excluding hydrogens is 366 g/mol. The highest BCUT2D eigenvalue weighted by atomic mass is 35.5. The topological polar surface area (TPSA) is 143 Å². The smallest absolute Gasteiger partial charge is 0.227 e. The highest BCUT2D eigenvalue weighted by molar-refractivity contribution is 6.33. The fourth-order valence-corrected chi connectivity index (χ4v) is 3.39. The van der Waals surface area contributed by atoms with Crippen LogP contribution < -0.4 is 22.1 Å². The Labute approximate surface area is 161 Å². The molecule has 2 aromatic heterocycles. The third-order valence-electron chi connectivity index (χ3n) is 4.81. The van der Waals surface area contributed by atoms with Gasteiger partial charge in [-0.3, -0.25) is 0 Å². The molecule has 27 heavy (non-hydrogen) atoms. The fourth-order valence-electron chi connectivity index (χ4n) is 3.27. The Bertz CT molecular complexity index is 933. The first-order valence-electron chi connectivity index (χ1n) is 8.97. The molecule has 0 saturated heterocycles. The highest BCUT2D eigenvalue weighted by Crippen LogP contribution is 2.24. The fraction of sp³-hybridized carbons (Fsp3) is 0.412. The summed E-state index contributed by atoms with van der Waals surface area (Å²) in [7, 11) is 0. The van der Waals surface area contributed by atoms with Crippen LogP contribution in [-0.2, 0) is 6.54 Å². The minimum atomic E-state index is 0.297. The van der Waals surface area contributed by atoms with Gasteiger partial charge in [-0.1, -0.05) is 17.7 Å². The second-order valence-electron chi connectivity index (χ2n) is 6.86. The molecule has 9 nitrogen and oxygen atoms in total. The third kappa shape index (κ3) is 4.04. The summed E-state index contributed by atoms with van der Waals surface area (Å²) in [6.07, 6.45) is 4.03. The maximum atomic E-state index is 5.98.